The summed E-state index contributed by atoms with van der Waals surface area (Å²) in [6.45, 7) is 6.24. The van der Waals surface area contributed by atoms with Gasteiger partial charge in [-0.3, -0.25) is 4.90 Å². The van der Waals surface area contributed by atoms with Gasteiger partial charge in [-0.15, -0.1) is 11.3 Å². The Hall–Kier alpha value is -2.09. The molecule has 27 heavy (non-hydrogen) atoms. The number of rotatable bonds is 3. The average Bonchev–Trinajstić information content (AvgIpc) is 3.37. The van der Waals surface area contributed by atoms with E-state index in [1.54, 1.807) is 11.3 Å². The van der Waals surface area contributed by atoms with Crippen LogP contribution in [0, 0.1) is 12.7 Å². The van der Waals surface area contributed by atoms with E-state index in [0.717, 1.165) is 55.4 Å². The lowest BCUT2D eigenvalue weighted by Gasteiger charge is -2.35. The summed E-state index contributed by atoms with van der Waals surface area (Å²) >= 11 is 1.72. The normalized spacial score (nSPS) is 22.4. The van der Waals surface area contributed by atoms with Crippen LogP contribution in [0.3, 0.4) is 0 Å². The van der Waals surface area contributed by atoms with Crippen molar-refractivity contribution in [3.63, 3.8) is 0 Å². The smallest absolute Gasteiger partial charge is 0.135 e. The first kappa shape index (κ1) is 17.0. The van der Waals surface area contributed by atoms with Crippen molar-refractivity contribution >= 4 is 11.3 Å². The van der Waals surface area contributed by atoms with Gasteiger partial charge in [-0.2, -0.15) is 0 Å². The molecule has 0 aliphatic carbocycles. The summed E-state index contributed by atoms with van der Waals surface area (Å²) in [7, 11) is 0. The van der Waals surface area contributed by atoms with Gasteiger partial charge in [0.05, 0.1) is 29.6 Å². The number of ether oxygens (including phenoxy) is 1. The Kier molecular flexibility index (Phi) is 4.11. The number of halogens is 1. The van der Waals surface area contributed by atoms with Gasteiger partial charge in [0, 0.05) is 24.5 Å². The molecule has 7 heteroatoms. The van der Waals surface area contributed by atoms with E-state index < -0.39 is 0 Å². The number of nitrogens with zero attached hydrogens (tertiary/aromatic N) is 4. The summed E-state index contributed by atoms with van der Waals surface area (Å²) in [5, 5.41) is 0. The largest absolute Gasteiger partial charge is 0.364 e. The van der Waals surface area contributed by atoms with Gasteiger partial charge >= 0.3 is 0 Å². The van der Waals surface area contributed by atoms with Crippen molar-refractivity contribution in [1.82, 2.24) is 19.4 Å². The molecule has 5 nitrogen and oxygen atoms in total. The van der Waals surface area contributed by atoms with Crippen LogP contribution < -0.4 is 0 Å². The third kappa shape index (κ3) is 3.09. The Balaban J connectivity index is 1.37. The third-order valence-corrected chi connectivity index (χ3v) is 6.56. The van der Waals surface area contributed by atoms with E-state index in [1.807, 2.05) is 23.8 Å². The molecule has 4 heterocycles. The Morgan fingerprint density at radius 3 is 2.85 bits per heavy atom. The number of fused-ring (bicyclic) bond motifs is 1. The number of likely N-dealkylation sites (tertiary alicyclic amines) is 1. The summed E-state index contributed by atoms with van der Waals surface area (Å²) in [5.74, 6) is 0.721. The van der Waals surface area contributed by atoms with Crippen LogP contribution in [0.4, 0.5) is 4.39 Å². The first-order valence-electron chi connectivity index (χ1n) is 9.18. The third-order valence-electron chi connectivity index (χ3n) is 5.64. The second-order valence-corrected chi connectivity index (χ2v) is 8.39. The van der Waals surface area contributed by atoms with Crippen LogP contribution in [0.5, 0.6) is 0 Å². The quantitative estimate of drug-likeness (QED) is 0.692. The predicted molar refractivity (Wildman–Crippen MR) is 102 cm³/mol. The molecule has 1 atom stereocenters. The van der Waals surface area contributed by atoms with Crippen molar-refractivity contribution in [3.8, 4) is 11.3 Å². The zero-order chi connectivity index (χ0) is 18.4. The van der Waals surface area contributed by atoms with Crippen molar-refractivity contribution < 1.29 is 9.13 Å². The lowest BCUT2D eigenvalue weighted by Crippen LogP contribution is -2.44. The first-order valence-corrected chi connectivity index (χ1v) is 10.1. The van der Waals surface area contributed by atoms with Crippen molar-refractivity contribution in [2.75, 3.05) is 13.1 Å². The molecule has 140 valence electrons. The molecule has 2 aliphatic heterocycles. The molecule has 0 saturated carbocycles. The van der Waals surface area contributed by atoms with Gasteiger partial charge < -0.3 is 9.30 Å². The number of thiazole rings is 1. The maximum atomic E-state index is 13.3. The highest BCUT2D eigenvalue weighted by molar-refractivity contribution is 7.09. The van der Waals surface area contributed by atoms with Crippen LogP contribution in [0.15, 0.2) is 36.0 Å². The fourth-order valence-electron chi connectivity index (χ4n) is 4.10. The summed E-state index contributed by atoms with van der Waals surface area (Å²) in [6.07, 6.45) is 2.88. The standard InChI is InChI=1S/C20H21FN4OS/c1-14-18(27-13-23-14)9-24-7-6-20(11-24)12-25-17(8-22-19(25)10-26-20)15-2-4-16(21)5-3-15/h2-5,8,13H,6-7,9-12H2,1H3/t20-/m0/s1. The molecule has 1 saturated heterocycles. The minimum Gasteiger partial charge on any atom is -0.364 e. The van der Waals surface area contributed by atoms with Crippen LogP contribution in [0.2, 0.25) is 0 Å². The Morgan fingerprint density at radius 1 is 1.22 bits per heavy atom. The van der Waals surface area contributed by atoms with Crippen LogP contribution in [-0.2, 0) is 24.4 Å². The molecule has 5 rings (SSSR count). The highest BCUT2D eigenvalue weighted by Crippen LogP contribution is 2.36. The predicted octanol–water partition coefficient (Wildman–Crippen LogP) is 3.63. The van der Waals surface area contributed by atoms with Crippen molar-refractivity contribution in [2.45, 2.75) is 38.6 Å². The fourth-order valence-corrected chi connectivity index (χ4v) is 4.92. The molecule has 0 N–H and O–H groups in total. The topological polar surface area (TPSA) is 43.2 Å². The SMILES string of the molecule is Cc1ncsc1CN1CC[C@]2(C1)Cn1c(-c3ccc(F)cc3)cnc1CO2. The van der Waals surface area contributed by atoms with Crippen molar-refractivity contribution in [3.05, 3.63) is 58.2 Å². The number of imidazole rings is 1. The molecule has 0 amide bonds. The minimum atomic E-state index is -0.221. The highest BCUT2D eigenvalue weighted by Gasteiger charge is 2.43. The zero-order valence-electron chi connectivity index (χ0n) is 15.2. The number of hydrogen-bond donors (Lipinski definition) is 0. The number of benzene rings is 1. The summed E-state index contributed by atoms with van der Waals surface area (Å²) < 4.78 is 21.8. The van der Waals surface area contributed by atoms with E-state index in [2.05, 4.69) is 26.4 Å². The summed E-state index contributed by atoms with van der Waals surface area (Å²) in [6, 6.07) is 6.63. The van der Waals surface area contributed by atoms with E-state index in [0.29, 0.717) is 6.61 Å². The van der Waals surface area contributed by atoms with Crippen LogP contribution in [0.25, 0.3) is 11.3 Å². The molecular formula is C20H21FN4OS. The van der Waals surface area contributed by atoms with E-state index >= 15 is 0 Å². The molecule has 0 radical (unpaired) electrons. The summed E-state index contributed by atoms with van der Waals surface area (Å²) in [5.41, 5.74) is 4.88. The second kappa shape index (κ2) is 6.51. The molecular weight excluding hydrogens is 363 g/mol. The molecule has 1 spiro atoms. The number of hydrogen-bond acceptors (Lipinski definition) is 5. The Morgan fingerprint density at radius 2 is 2.07 bits per heavy atom. The van der Waals surface area contributed by atoms with E-state index in [1.165, 1.54) is 17.0 Å². The Labute approximate surface area is 161 Å². The van der Waals surface area contributed by atoms with Gasteiger partial charge in [0.15, 0.2) is 0 Å². The van der Waals surface area contributed by atoms with Crippen molar-refractivity contribution in [1.29, 1.82) is 0 Å². The summed E-state index contributed by atoms with van der Waals surface area (Å²) in [4.78, 5) is 12.7. The molecule has 0 unspecified atom stereocenters. The van der Waals surface area contributed by atoms with E-state index in [-0.39, 0.29) is 11.4 Å². The maximum absolute atomic E-state index is 13.3. The second-order valence-electron chi connectivity index (χ2n) is 7.45. The van der Waals surface area contributed by atoms with E-state index in [4.69, 9.17) is 4.74 Å². The monoisotopic (exact) mass is 384 g/mol. The van der Waals surface area contributed by atoms with Gasteiger partial charge in [0.25, 0.3) is 0 Å². The zero-order valence-corrected chi connectivity index (χ0v) is 16.0. The first-order chi connectivity index (χ1) is 13.1. The lowest BCUT2D eigenvalue weighted by atomic mass is 10.0. The fraction of sp³-hybridized carbons (Fsp3) is 0.400. The van der Waals surface area contributed by atoms with Gasteiger partial charge in [0.2, 0.25) is 0 Å². The van der Waals surface area contributed by atoms with Gasteiger partial charge in [0.1, 0.15) is 23.8 Å². The average molecular weight is 384 g/mol. The van der Waals surface area contributed by atoms with Crippen LogP contribution in [-0.4, -0.2) is 38.1 Å². The van der Waals surface area contributed by atoms with E-state index in [9.17, 15) is 4.39 Å². The van der Waals surface area contributed by atoms with Gasteiger partial charge in [-0.25, -0.2) is 14.4 Å². The van der Waals surface area contributed by atoms with Gasteiger partial charge in [-0.1, -0.05) is 0 Å². The van der Waals surface area contributed by atoms with Crippen LogP contribution in [0.1, 0.15) is 22.8 Å². The highest BCUT2D eigenvalue weighted by atomic mass is 32.1. The molecule has 0 bridgehead atoms. The molecule has 2 aromatic heterocycles. The molecule has 3 aromatic rings. The molecule has 2 aliphatic rings. The lowest BCUT2D eigenvalue weighted by molar-refractivity contribution is -0.0821. The minimum absolute atomic E-state index is 0.179. The number of aromatic nitrogens is 3. The van der Waals surface area contributed by atoms with Crippen LogP contribution >= 0.6 is 11.3 Å². The van der Waals surface area contributed by atoms with Crippen molar-refractivity contribution in [2.24, 2.45) is 0 Å². The van der Waals surface area contributed by atoms with Gasteiger partial charge in [-0.05, 0) is 43.2 Å². The molecule has 1 fully saturated rings. The number of aryl methyl sites for hydroxylation is 1. The Bertz CT molecular complexity index is 967. The maximum Gasteiger partial charge on any atom is 0.135 e. The molecule has 1 aromatic carbocycles.